The van der Waals surface area contributed by atoms with Crippen molar-refractivity contribution in [3.8, 4) is 0 Å². The lowest BCUT2D eigenvalue weighted by Crippen LogP contribution is -2.26. The van der Waals surface area contributed by atoms with E-state index in [0.29, 0.717) is 5.13 Å². The van der Waals surface area contributed by atoms with Gasteiger partial charge in [-0.15, -0.1) is 0 Å². The molecule has 3 N–H and O–H groups in total. The highest BCUT2D eigenvalue weighted by molar-refractivity contribution is 7.17. The summed E-state index contributed by atoms with van der Waals surface area (Å²) in [5.74, 6) is -0.166. The molecule has 7 heteroatoms. The highest BCUT2D eigenvalue weighted by Crippen LogP contribution is 2.22. The van der Waals surface area contributed by atoms with Crippen molar-refractivity contribution in [2.24, 2.45) is 5.10 Å². The van der Waals surface area contributed by atoms with Gasteiger partial charge in [0, 0.05) is 6.92 Å². The lowest BCUT2D eigenvalue weighted by molar-refractivity contribution is -0.118. The molecular formula is C14H17N5OS. The van der Waals surface area contributed by atoms with Crippen LogP contribution in [0.25, 0.3) is 0 Å². The third kappa shape index (κ3) is 4.28. The molecule has 21 heavy (non-hydrogen) atoms. The molecule has 0 unspecified atom stereocenters. The van der Waals surface area contributed by atoms with Gasteiger partial charge >= 0.3 is 0 Å². The number of aromatic nitrogens is 1. The predicted molar refractivity (Wildman–Crippen MR) is 86.6 cm³/mol. The first-order chi connectivity index (χ1) is 10.1. The Hall–Kier alpha value is -2.41. The standard InChI is InChI=1S/C14H17N5OS/c1-9-13(21-14(15-9)19-17-11(3)20)10(2)16-18-12-7-5-4-6-8-12/h4-8,18H,1-3H3,(H,15,19)(H,17,20)/b16-10-. The molecule has 1 amide bonds. The summed E-state index contributed by atoms with van der Waals surface area (Å²) in [5.41, 5.74) is 10.9. The largest absolute Gasteiger partial charge is 0.278 e. The van der Waals surface area contributed by atoms with Gasteiger partial charge in [-0.3, -0.25) is 21.1 Å². The molecule has 1 heterocycles. The second-order valence-electron chi connectivity index (χ2n) is 4.41. The number of carbonyl (C=O) groups excluding carboxylic acids is 1. The monoisotopic (exact) mass is 303 g/mol. The number of hydrogen-bond donors (Lipinski definition) is 3. The maximum atomic E-state index is 10.9. The summed E-state index contributed by atoms with van der Waals surface area (Å²) in [4.78, 5) is 16.2. The van der Waals surface area contributed by atoms with Crippen molar-refractivity contribution < 1.29 is 4.79 Å². The molecule has 6 nitrogen and oxygen atoms in total. The van der Waals surface area contributed by atoms with Crippen LogP contribution in [0.15, 0.2) is 35.4 Å². The Morgan fingerprint density at radius 2 is 1.95 bits per heavy atom. The average molecular weight is 303 g/mol. The number of nitrogens with one attached hydrogen (secondary N) is 3. The van der Waals surface area contributed by atoms with Crippen LogP contribution in [0, 0.1) is 6.92 Å². The number of para-hydroxylation sites is 1. The van der Waals surface area contributed by atoms with Crippen LogP contribution in [0.3, 0.4) is 0 Å². The van der Waals surface area contributed by atoms with Gasteiger partial charge in [0.2, 0.25) is 11.0 Å². The highest BCUT2D eigenvalue weighted by atomic mass is 32.1. The summed E-state index contributed by atoms with van der Waals surface area (Å²) in [5, 5.41) is 4.99. The molecule has 0 bridgehead atoms. The lowest BCUT2D eigenvalue weighted by atomic mass is 10.3. The van der Waals surface area contributed by atoms with Crippen molar-refractivity contribution in [2.45, 2.75) is 20.8 Å². The van der Waals surface area contributed by atoms with E-state index in [0.717, 1.165) is 22.0 Å². The maximum absolute atomic E-state index is 10.9. The number of hydrazone groups is 1. The predicted octanol–water partition coefficient (Wildman–Crippen LogP) is 2.75. The second-order valence-corrected chi connectivity index (χ2v) is 5.41. The molecule has 2 aromatic rings. The molecule has 0 radical (unpaired) electrons. The smallest absolute Gasteiger partial charge is 0.235 e. The summed E-state index contributed by atoms with van der Waals surface area (Å²) < 4.78 is 0. The molecule has 0 aliphatic rings. The zero-order chi connectivity index (χ0) is 15.2. The van der Waals surface area contributed by atoms with E-state index in [1.54, 1.807) is 0 Å². The maximum Gasteiger partial charge on any atom is 0.235 e. The Morgan fingerprint density at radius 3 is 2.62 bits per heavy atom. The van der Waals surface area contributed by atoms with Gasteiger partial charge in [0.1, 0.15) is 0 Å². The fourth-order valence-electron chi connectivity index (χ4n) is 1.64. The Balaban J connectivity index is 2.08. The SMILES string of the molecule is CC(=O)NNc1nc(C)c(/C(C)=N\Nc2ccccc2)s1. The molecule has 0 aliphatic heterocycles. The minimum Gasteiger partial charge on any atom is -0.278 e. The van der Waals surface area contributed by atoms with E-state index >= 15 is 0 Å². The number of nitrogens with zero attached hydrogens (tertiary/aromatic N) is 2. The molecule has 1 aromatic heterocycles. The zero-order valence-electron chi connectivity index (χ0n) is 12.1. The van der Waals surface area contributed by atoms with Crippen LogP contribution < -0.4 is 16.3 Å². The molecule has 0 saturated heterocycles. The highest BCUT2D eigenvalue weighted by Gasteiger charge is 2.10. The quantitative estimate of drug-likeness (QED) is 0.586. The lowest BCUT2D eigenvalue weighted by Gasteiger charge is -2.02. The Kier molecular flexibility index (Phi) is 4.89. The molecular weight excluding hydrogens is 286 g/mol. The van der Waals surface area contributed by atoms with E-state index in [1.807, 2.05) is 44.2 Å². The first kappa shape index (κ1) is 15.0. The first-order valence-electron chi connectivity index (χ1n) is 6.42. The van der Waals surface area contributed by atoms with Crippen LogP contribution in [0.1, 0.15) is 24.4 Å². The second kappa shape index (κ2) is 6.85. The molecule has 0 fully saturated rings. The van der Waals surface area contributed by atoms with Crippen molar-refractivity contribution in [3.05, 3.63) is 40.9 Å². The number of benzene rings is 1. The third-order valence-corrected chi connectivity index (χ3v) is 3.78. The van der Waals surface area contributed by atoms with Gasteiger partial charge in [-0.1, -0.05) is 29.5 Å². The number of hydrogen-bond acceptors (Lipinski definition) is 6. The van der Waals surface area contributed by atoms with E-state index in [9.17, 15) is 4.79 Å². The summed E-state index contributed by atoms with van der Waals surface area (Å²) in [6.45, 7) is 5.26. The summed E-state index contributed by atoms with van der Waals surface area (Å²) in [7, 11) is 0. The number of amides is 1. The van der Waals surface area contributed by atoms with E-state index < -0.39 is 0 Å². The number of anilines is 2. The minimum absolute atomic E-state index is 0.166. The van der Waals surface area contributed by atoms with Gasteiger partial charge in [-0.25, -0.2) is 4.98 Å². The van der Waals surface area contributed by atoms with Crippen LogP contribution >= 0.6 is 11.3 Å². The van der Waals surface area contributed by atoms with Gasteiger partial charge in [-0.05, 0) is 26.0 Å². The van der Waals surface area contributed by atoms with E-state index in [2.05, 4.69) is 26.4 Å². The van der Waals surface area contributed by atoms with Crippen LogP contribution in [0.4, 0.5) is 10.8 Å². The van der Waals surface area contributed by atoms with E-state index in [1.165, 1.54) is 18.3 Å². The van der Waals surface area contributed by atoms with Crippen molar-refractivity contribution in [1.82, 2.24) is 10.4 Å². The van der Waals surface area contributed by atoms with Gasteiger partial charge in [0.25, 0.3) is 0 Å². The molecule has 0 aliphatic carbocycles. The topological polar surface area (TPSA) is 78.4 Å². The number of carbonyl (C=O) groups is 1. The molecule has 1 aromatic carbocycles. The normalized spacial score (nSPS) is 11.1. The fourth-order valence-corrected chi connectivity index (χ4v) is 2.50. The summed E-state index contributed by atoms with van der Waals surface area (Å²) in [6, 6.07) is 9.73. The van der Waals surface area contributed by atoms with E-state index in [-0.39, 0.29) is 5.91 Å². The summed E-state index contributed by atoms with van der Waals surface area (Å²) >= 11 is 1.44. The molecule has 0 saturated carbocycles. The number of rotatable bonds is 5. The van der Waals surface area contributed by atoms with Crippen molar-refractivity contribution in [3.63, 3.8) is 0 Å². The van der Waals surface area contributed by atoms with Gasteiger partial charge < -0.3 is 0 Å². The molecule has 2 rings (SSSR count). The van der Waals surface area contributed by atoms with Crippen molar-refractivity contribution >= 4 is 33.8 Å². The zero-order valence-corrected chi connectivity index (χ0v) is 12.9. The molecule has 0 atom stereocenters. The Morgan fingerprint density at radius 1 is 1.24 bits per heavy atom. The van der Waals surface area contributed by atoms with Crippen LogP contribution in [-0.2, 0) is 4.79 Å². The average Bonchev–Trinajstić information content (AvgIpc) is 2.85. The number of hydrazine groups is 1. The van der Waals surface area contributed by atoms with Crippen LogP contribution in [-0.4, -0.2) is 16.6 Å². The Labute approximate surface area is 127 Å². The van der Waals surface area contributed by atoms with Gasteiger partial charge in [0.05, 0.1) is 22.0 Å². The van der Waals surface area contributed by atoms with Crippen molar-refractivity contribution in [2.75, 3.05) is 10.9 Å². The summed E-state index contributed by atoms with van der Waals surface area (Å²) in [6.07, 6.45) is 0. The van der Waals surface area contributed by atoms with Crippen LogP contribution in [0.5, 0.6) is 0 Å². The molecule has 0 spiro atoms. The molecule has 110 valence electrons. The van der Waals surface area contributed by atoms with Gasteiger partial charge in [-0.2, -0.15) is 5.10 Å². The number of thiazole rings is 1. The van der Waals surface area contributed by atoms with Crippen LogP contribution in [0.2, 0.25) is 0 Å². The minimum atomic E-state index is -0.166. The van der Waals surface area contributed by atoms with Crippen molar-refractivity contribution in [1.29, 1.82) is 0 Å². The van der Waals surface area contributed by atoms with E-state index in [4.69, 9.17) is 0 Å². The Bertz CT molecular complexity index is 651. The third-order valence-electron chi connectivity index (χ3n) is 2.60. The van der Waals surface area contributed by atoms with Gasteiger partial charge in [0.15, 0.2) is 0 Å². The first-order valence-corrected chi connectivity index (χ1v) is 7.23. The number of aryl methyl sites for hydroxylation is 1. The fraction of sp³-hybridized carbons (Fsp3) is 0.214.